The zero-order valence-corrected chi connectivity index (χ0v) is 15.7. The molecule has 0 spiro atoms. The van der Waals surface area contributed by atoms with Crippen molar-refractivity contribution in [3.63, 3.8) is 0 Å². The van der Waals surface area contributed by atoms with Crippen molar-refractivity contribution in [2.75, 3.05) is 29.9 Å². The summed E-state index contributed by atoms with van der Waals surface area (Å²) in [5.74, 6) is -0.393. The number of anilines is 2. The number of nitrogens with zero attached hydrogens (tertiary/aromatic N) is 1. The molecular weight excluding hydrogens is 326 g/mol. The highest BCUT2D eigenvalue weighted by atomic mass is 16.2. The molecular formula is C21H27N3O2. The van der Waals surface area contributed by atoms with Gasteiger partial charge in [0.25, 0.3) is 11.8 Å². The molecule has 0 atom stereocenters. The summed E-state index contributed by atoms with van der Waals surface area (Å²) in [6.45, 7) is 8.72. The molecule has 0 aliphatic heterocycles. The molecule has 0 saturated heterocycles. The molecule has 0 aliphatic rings. The van der Waals surface area contributed by atoms with Gasteiger partial charge in [-0.2, -0.15) is 0 Å². The highest BCUT2D eigenvalue weighted by molar-refractivity contribution is 6.06. The number of carbonyl (C=O) groups is 2. The molecule has 0 fully saturated rings. The van der Waals surface area contributed by atoms with Crippen molar-refractivity contribution >= 4 is 23.2 Å². The molecule has 0 saturated carbocycles. The third-order valence-electron chi connectivity index (χ3n) is 4.18. The van der Waals surface area contributed by atoms with Gasteiger partial charge in [0, 0.05) is 42.1 Å². The molecule has 5 heteroatoms. The quantitative estimate of drug-likeness (QED) is 0.756. The molecule has 0 bridgehead atoms. The minimum absolute atomic E-state index is 0.162. The maximum absolute atomic E-state index is 12.5. The lowest BCUT2D eigenvalue weighted by molar-refractivity contribution is 0.0953. The number of rotatable bonds is 8. The molecule has 138 valence electrons. The van der Waals surface area contributed by atoms with Crippen molar-refractivity contribution in [3.8, 4) is 0 Å². The molecule has 2 N–H and O–H groups in total. The summed E-state index contributed by atoms with van der Waals surface area (Å²) in [5, 5.41) is 5.70. The van der Waals surface area contributed by atoms with Crippen LogP contribution in [0, 0.1) is 0 Å². The van der Waals surface area contributed by atoms with E-state index in [0.29, 0.717) is 17.7 Å². The van der Waals surface area contributed by atoms with Crippen molar-refractivity contribution < 1.29 is 9.59 Å². The molecule has 26 heavy (non-hydrogen) atoms. The zero-order chi connectivity index (χ0) is 18.9. The van der Waals surface area contributed by atoms with Crippen LogP contribution in [0.1, 0.15) is 47.9 Å². The Labute approximate surface area is 155 Å². The third kappa shape index (κ3) is 5.09. The van der Waals surface area contributed by atoms with Gasteiger partial charge in [-0.3, -0.25) is 9.59 Å². The molecule has 0 aromatic heterocycles. The highest BCUT2D eigenvalue weighted by Gasteiger charge is 2.11. The van der Waals surface area contributed by atoms with E-state index in [-0.39, 0.29) is 11.8 Å². The lowest BCUT2D eigenvalue weighted by Crippen LogP contribution is -2.24. The van der Waals surface area contributed by atoms with Gasteiger partial charge >= 0.3 is 0 Å². The van der Waals surface area contributed by atoms with Crippen LogP contribution in [-0.2, 0) is 0 Å². The van der Waals surface area contributed by atoms with Gasteiger partial charge in [0.1, 0.15) is 0 Å². The summed E-state index contributed by atoms with van der Waals surface area (Å²) in [6.07, 6.45) is 0.870. The molecule has 2 amide bonds. The van der Waals surface area contributed by atoms with Crippen LogP contribution >= 0.6 is 0 Å². The maximum Gasteiger partial charge on any atom is 0.255 e. The van der Waals surface area contributed by atoms with Crippen molar-refractivity contribution in [1.82, 2.24) is 5.32 Å². The summed E-state index contributed by atoms with van der Waals surface area (Å²) in [6, 6.07) is 14.5. The van der Waals surface area contributed by atoms with Gasteiger partial charge in [-0.15, -0.1) is 0 Å². The second-order valence-electron chi connectivity index (χ2n) is 6.01. The Hall–Kier alpha value is -2.82. The van der Waals surface area contributed by atoms with Crippen LogP contribution in [0.5, 0.6) is 0 Å². The van der Waals surface area contributed by atoms with Crippen LogP contribution in [0.4, 0.5) is 11.4 Å². The molecule has 5 nitrogen and oxygen atoms in total. The topological polar surface area (TPSA) is 61.4 Å². The fourth-order valence-corrected chi connectivity index (χ4v) is 2.69. The van der Waals surface area contributed by atoms with Crippen LogP contribution in [0.3, 0.4) is 0 Å². The standard InChI is InChI=1S/C21H27N3O2/c1-4-14-22-20(25)16-8-7-9-17(15-16)21(26)23-18-10-12-19(13-11-18)24(5-2)6-3/h7-13,15H,4-6,14H2,1-3H3,(H,22,25)(H,23,26). The lowest BCUT2D eigenvalue weighted by atomic mass is 10.1. The first-order valence-electron chi connectivity index (χ1n) is 9.13. The first-order chi connectivity index (χ1) is 12.6. The average Bonchev–Trinajstić information content (AvgIpc) is 2.68. The predicted molar refractivity (Wildman–Crippen MR) is 107 cm³/mol. The van der Waals surface area contributed by atoms with Crippen molar-refractivity contribution in [1.29, 1.82) is 0 Å². The largest absolute Gasteiger partial charge is 0.372 e. The van der Waals surface area contributed by atoms with E-state index in [1.165, 1.54) is 0 Å². The van der Waals surface area contributed by atoms with E-state index in [2.05, 4.69) is 29.4 Å². The Morgan fingerprint density at radius 3 is 2.08 bits per heavy atom. The third-order valence-corrected chi connectivity index (χ3v) is 4.18. The number of nitrogens with one attached hydrogen (secondary N) is 2. The number of benzene rings is 2. The van der Waals surface area contributed by atoms with Crippen molar-refractivity contribution in [2.24, 2.45) is 0 Å². The van der Waals surface area contributed by atoms with Gasteiger partial charge in [-0.25, -0.2) is 0 Å². The lowest BCUT2D eigenvalue weighted by Gasteiger charge is -2.21. The first-order valence-corrected chi connectivity index (χ1v) is 9.13. The number of hydrogen-bond donors (Lipinski definition) is 2. The molecule has 2 aromatic rings. The van der Waals surface area contributed by atoms with E-state index < -0.39 is 0 Å². The van der Waals surface area contributed by atoms with Crippen molar-refractivity contribution in [2.45, 2.75) is 27.2 Å². The van der Waals surface area contributed by atoms with E-state index in [1.807, 2.05) is 31.2 Å². The normalized spacial score (nSPS) is 10.3. The van der Waals surface area contributed by atoms with E-state index in [0.717, 1.165) is 30.9 Å². The first kappa shape index (κ1) is 19.5. The molecule has 0 radical (unpaired) electrons. The van der Waals surface area contributed by atoms with Crippen LogP contribution < -0.4 is 15.5 Å². The van der Waals surface area contributed by atoms with Crippen molar-refractivity contribution in [3.05, 3.63) is 59.7 Å². The highest BCUT2D eigenvalue weighted by Crippen LogP contribution is 2.18. The summed E-state index contributed by atoms with van der Waals surface area (Å²) in [4.78, 5) is 26.8. The van der Waals surface area contributed by atoms with E-state index >= 15 is 0 Å². The van der Waals surface area contributed by atoms with E-state index in [9.17, 15) is 9.59 Å². The Balaban J connectivity index is 2.06. The second-order valence-corrected chi connectivity index (χ2v) is 6.01. The van der Waals surface area contributed by atoms with Crippen LogP contribution in [0.25, 0.3) is 0 Å². The van der Waals surface area contributed by atoms with Gasteiger partial charge in [0.05, 0.1) is 0 Å². The minimum Gasteiger partial charge on any atom is -0.372 e. The minimum atomic E-state index is -0.231. The van der Waals surface area contributed by atoms with Gasteiger partial charge in [-0.1, -0.05) is 13.0 Å². The fourth-order valence-electron chi connectivity index (χ4n) is 2.69. The molecule has 0 heterocycles. The van der Waals surface area contributed by atoms with Gasteiger partial charge in [0.2, 0.25) is 0 Å². The Kier molecular flexibility index (Phi) is 7.21. The summed E-state index contributed by atoms with van der Waals surface area (Å²) in [5.41, 5.74) is 2.80. The smallest absolute Gasteiger partial charge is 0.255 e. The number of carbonyl (C=O) groups excluding carboxylic acids is 2. The summed E-state index contributed by atoms with van der Waals surface area (Å²) in [7, 11) is 0. The molecule has 0 aliphatic carbocycles. The molecule has 2 aromatic carbocycles. The molecule has 2 rings (SSSR count). The summed E-state index contributed by atoms with van der Waals surface area (Å²) < 4.78 is 0. The monoisotopic (exact) mass is 353 g/mol. The number of amides is 2. The molecule has 0 unspecified atom stereocenters. The van der Waals surface area contributed by atoms with Gasteiger partial charge in [-0.05, 0) is 62.7 Å². The summed E-state index contributed by atoms with van der Waals surface area (Å²) >= 11 is 0. The zero-order valence-electron chi connectivity index (χ0n) is 15.7. The Morgan fingerprint density at radius 2 is 1.50 bits per heavy atom. The van der Waals surface area contributed by atoms with Crippen LogP contribution in [-0.4, -0.2) is 31.4 Å². The van der Waals surface area contributed by atoms with E-state index in [1.54, 1.807) is 24.3 Å². The fraction of sp³-hybridized carbons (Fsp3) is 0.333. The van der Waals surface area contributed by atoms with Gasteiger partial charge in [0.15, 0.2) is 0 Å². The van der Waals surface area contributed by atoms with E-state index in [4.69, 9.17) is 0 Å². The SMILES string of the molecule is CCCNC(=O)c1cccc(C(=O)Nc2ccc(N(CC)CC)cc2)c1. The Morgan fingerprint density at radius 1 is 0.885 bits per heavy atom. The average molecular weight is 353 g/mol. The Bertz CT molecular complexity index is 737. The van der Waals surface area contributed by atoms with Gasteiger partial charge < -0.3 is 15.5 Å². The number of hydrogen-bond acceptors (Lipinski definition) is 3. The second kappa shape index (κ2) is 9.61. The maximum atomic E-state index is 12.5. The predicted octanol–water partition coefficient (Wildman–Crippen LogP) is 3.92. The van der Waals surface area contributed by atoms with Crippen LogP contribution in [0.2, 0.25) is 0 Å². The van der Waals surface area contributed by atoms with Crippen LogP contribution in [0.15, 0.2) is 48.5 Å².